The van der Waals surface area contributed by atoms with Gasteiger partial charge in [0, 0.05) is 20.3 Å². The molecule has 0 aromatic rings. The van der Waals surface area contributed by atoms with Crippen molar-refractivity contribution in [3.8, 4) is 0 Å². The van der Waals surface area contributed by atoms with Crippen LogP contribution in [-0.2, 0) is 14.3 Å². The summed E-state index contributed by atoms with van der Waals surface area (Å²) < 4.78 is 10.2. The molecule has 2 N–H and O–H groups in total. The van der Waals surface area contributed by atoms with E-state index in [0.717, 1.165) is 26.0 Å². The molecule has 0 saturated carbocycles. The summed E-state index contributed by atoms with van der Waals surface area (Å²) in [5.74, 6) is 0.0143. The molecular weight excluding hydrogens is 220 g/mol. The summed E-state index contributed by atoms with van der Waals surface area (Å²) >= 11 is 0. The number of unbranched alkanes of at least 4 members (excludes halogenated alkanes) is 1. The molecule has 1 amide bonds. The number of amides is 1. The molecule has 0 aliphatic rings. The van der Waals surface area contributed by atoms with E-state index >= 15 is 0 Å². The van der Waals surface area contributed by atoms with Crippen molar-refractivity contribution in [2.24, 2.45) is 0 Å². The molecule has 0 aliphatic carbocycles. The van der Waals surface area contributed by atoms with Crippen LogP contribution in [0.15, 0.2) is 0 Å². The molecular formula is C12H26N2O3. The lowest BCUT2D eigenvalue weighted by Gasteiger charge is -2.08. The SMILES string of the molecule is COCCNC(=O)CNCCCCOC(C)C. The minimum Gasteiger partial charge on any atom is -0.383 e. The van der Waals surface area contributed by atoms with Crippen molar-refractivity contribution in [2.45, 2.75) is 32.8 Å². The van der Waals surface area contributed by atoms with Gasteiger partial charge in [0.25, 0.3) is 0 Å². The van der Waals surface area contributed by atoms with E-state index in [1.807, 2.05) is 13.8 Å². The van der Waals surface area contributed by atoms with Crippen molar-refractivity contribution in [3.63, 3.8) is 0 Å². The molecule has 17 heavy (non-hydrogen) atoms. The van der Waals surface area contributed by atoms with Crippen LogP contribution in [0.1, 0.15) is 26.7 Å². The second kappa shape index (κ2) is 11.8. The third kappa shape index (κ3) is 13.3. The van der Waals surface area contributed by atoms with Gasteiger partial charge < -0.3 is 20.1 Å². The Labute approximate surface area is 104 Å². The van der Waals surface area contributed by atoms with Gasteiger partial charge in [-0.15, -0.1) is 0 Å². The minimum atomic E-state index is 0.0143. The molecule has 0 heterocycles. The van der Waals surface area contributed by atoms with Crippen LogP contribution < -0.4 is 10.6 Å². The maximum Gasteiger partial charge on any atom is 0.234 e. The van der Waals surface area contributed by atoms with Crippen LogP contribution in [-0.4, -0.2) is 52.0 Å². The van der Waals surface area contributed by atoms with E-state index in [1.54, 1.807) is 7.11 Å². The molecule has 0 aromatic carbocycles. The molecule has 5 heteroatoms. The molecule has 0 bridgehead atoms. The molecule has 0 fully saturated rings. The van der Waals surface area contributed by atoms with Crippen molar-refractivity contribution in [2.75, 3.05) is 40.0 Å². The van der Waals surface area contributed by atoms with E-state index in [9.17, 15) is 4.79 Å². The quantitative estimate of drug-likeness (QED) is 0.523. The van der Waals surface area contributed by atoms with Crippen LogP contribution >= 0.6 is 0 Å². The Morgan fingerprint density at radius 1 is 1.18 bits per heavy atom. The lowest BCUT2D eigenvalue weighted by Crippen LogP contribution is -2.35. The number of hydrogen-bond donors (Lipinski definition) is 2. The van der Waals surface area contributed by atoms with Gasteiger partial charge in [-0.1, -0.05) is 0 Å². The summed E-state index contributed by atoms with van der Waals surface area (Å²) in [6.45, 7) is 7.19. The Kier molecular flexibility index (Phi) is 11.4. The van der Waals surface area contributed by atoms with Crippen molar-refractivity contribution < 1.29 is 14.3 Å². The third-order valence-corrected chi connectivity index (χ3v) is 2.11. The fourth-order valence-corrected chi connectivity index (χ4v) is 1.23. The van der Waals surface area contributed by atoms with Crippen LogP contribution in [0.3, 0.4) is 0 Å². The van der Waals surface area contributed by atoms with E-state index in [2.05, 4.69) is 10.6 Å². The largest absolute Gasteiger partial charge is 0.383 e. The minimum absolute atomic E-state index is 0.0143. The van der Waals surface area contributed by atoms with Crippen molar-refractivity contribution >= 4 is 5.91 Å². The average Bonchev–Trinajstić information content (AvgIpc) is 2.28. The molecule has 5 nitrogen and oxygen atoms in total. The van der Waals surface area contributed by atoms with Gasteiger partial charge in [0.2, 0.25) is 5.91 Å². The van der Waals surface area contributed by atoms with Crippen molar-refractivity contribution in [3.05, 3.63) is 0 Å². The van der Waals surface area contributed by atoms with E-state index in [4.69, 9.17) is 9.47 Å². The lowest BCUT2D eigenvalue weighted by molar-refractivity contribution is -0.120. The Morgan fingerprint density at radius 2 is 1.94 bits per heavy atom. The maximum absolute atomic E-state index is 11.2. The smallest absolute Gasteiger partial charge is 0.234 e. The molecule has 0 saturated heterocycles. The molecule has 0 spiro atoms. The highest BCUT2D eigenvalue weighted by molar-refractivity contribution is 5.77. The van der Waals surface area contributed by atoms with Gasteiger partial charge in [0.1, 0.15) is 0 Å². The number of carbonyl (C=O) groups is 1. The van der Waals surface area contributed by atoms with Crippen LogP contribution in [0, 0.1) is 0 Å². The number of nitrogens with one attached hydrogen (secondary N) is 2. The molecule has 102 valence electrons. The summed E-state index contributed by atoms with van der Waals surface area (Å²) in [6, 6.07) is 0. The fourth-order valence-electron chi connectivity index (χ4n) is 1.23. The van der Waals surface area contributed by atoms with Crippen molar-refractivity contribution in [1.82, 2.24) is 10.6 Å². The summed E-state index contributed by atoms with van der Waals surface area (Å²) in [6.07, 6.45) is 2.35. The first-order valence-electron chi connectivity index (χ1n) is 6.24. The van der Waals surface area contributed by atoms with Gasteiger partial charge in [-0.2, -0.15) is 0 Å². The highest BCUT2D eigenvalue weighted by atomic mass is 16.5. The predicted octanol–water partition coefficient (Wildman–Crippen LogP) is 0.544. The van der Waals surface area contributed by atoms with Gasteiger partial charge in [-0.05, 0) is 33.2 Å². The first-order chi connectivity index (χ1) is 8.16. The summed E-state index contributed by atoms with van der Waals surface area (Å²) in [5.41, 5.74) is 0. The fraction of sp³-hybridized carbons (Fsp3) is 0.917. The molecule has 0 rings (SSSR count). The lowest BCUT2D eigenvalue weighted by atomic mass is 10.3. The Morgan fingerprint density at radius 3 is 2.59 bits per heavy atom. The monoisotopic (exact) mass is 246 g/mol. The Balaban J connectivity index is 3.14. The maximum atomic E-state index is 11.2. The summed E-state index contributed by atoms with van der Waals surface area (Å²) in [7, 11) is 1.61. The van der Waals surface area contributed by atoms with Gasteiger partial charge in [-0.3, -0.25) is 4.79 Å². The van der Waals surface area contributed by atoms with Crippen LogP contribution in [0.25, 0.3) is 0 Å². The van der Waals surface area contributed by atoms with Gasteiger partial charge >= 0.3 is 0 Å². The average molecular weight is 246 g/mol. The first kappa shape index (κ1) is 16.4. The Hall–Kier alpha value is -0.650. The van der Waals surface area contributed by atoms with E-state index in [1.165, 1.54) is 0 Å². The second-order valence-corrected chi connectivity index (χ2v) is 4.15. The zero-order valence-corrected chi connectivity index (χ0v) is 11.3. The summed E-state index contributed by atoms with van der Waals surface area (Å²) in [5, 5.41) is 5.84. The highest BCUT2D eigenvalue weighted by Gasteiger charge is 1.99. The van der Waals surface area contributed by atoms with Crippen LogP contribution in [0.2, 0.25) is 0 Å². The second-order valence-electron chi connectivity index (χ2n) is 4.15. The highest BCUT2D eigenvalue weighted by Crippen LogP contribution is 1.93. The topological polar surface area (TPSA) is 59.6 Å². The van der Waals surface area contributed by atoms with E-state index in [-0.39, 0.29) is 5.91 Å². The van der Waals surface area contributed by atoms with Crippen LogP contribution in [0.4, 0.5) is 0 Å². The molecule has 0 unspecified atom stereocenters. The van der Waals surface area contributed by atoms with E-state index in [0.29, 0.717) is 25.8 Å². The van der Waals surface area contributed by atoms with Gasteiger partial charge in [0.15, 0.2) is 0 Å². The molecule has 0 atom stereocenters. The Bertz CT molecular complexity index is 187. The summed E-state index contributed by atoms with van der Waals surface area (Å²) in [4.78, 5) is 11.2. The van der Waals surface area contributed by atoms with Crippen LogP contribution in [0.5, 0.6) is 0 Å². The molecule has 0 radical (unpaired) electrons. The normalized spacial score (nSPS) is 10.8. The molecule has 0 aliphatic heterocycles. The zero-order valence-electron chi connectivity index (χ0n) is 11.3. The number of ether oxygens (including phenoxy) is 2. The molecule has 0 aromatic heterocycles. The number of rotatable bonds is 11. The van der Waals surface area contributed by atoms with E-state index < -0.39 is 0 Å². The zero-order chi connectivity index (χ0) is 12.9. The number of hydrogen-bond acceptors (Lipinski definition) is 4. The first-order valence-corrected chi connectivity index (χ1v) is 6.24. The van der Waals surface area contributed by atoms with Gasteiger partial charge in [0.05, 0.1) is 19.3 Å². The number of methoxy groups -OCH3 is 1. The van der Waals surface area contributed by atoms with Gasteiger partial charge in [-0.25, -0.2) is 0 Å². The predicted molar refractivity (Wildman–Crippen MR) is 68.1 cm³/mol. The van der Waals surface area contributed by atoms with Crippen molar-refractivity contribution in [1.29, 1.82) is 0 Å². The number of carbonyl (C=O) groups excluding carboxylic acids is 1. The standard InChI is InChI=1S/C12H26N2O3/c1-11(2)17-8-5-4-6-13-10-12(15)14-7-9-16-3/h11,13H,4-10H2,1-3H3,(H,14,15). The third-order valence-electron chi connectivity index (χ3n) is 2.11.